The van der Waals surface area contributed by atoms with Gasteiger partial charge in [0.25, 0.3) is 0 Å². The van der Waals surface area contributed by atoms with Crippen LogP contribution in [0, 0.1) is 5.92 Å². The zero-order valence-electron chi connectivity index (χ0n) is 20.1. The number of halogens is 1. The van der Waals surface area contributed by atoms with Crippen LogP contribution in [-0.4, -0.2) is 50.9 Å². The number of anilines is 1. The smallest absolute Gasteiger partial charge is 0.238 e. The second-order valence-electron chi connectivity index (χ2n) is 9.14. The third kappa shape index (κ3) is 8.18. The van der Waals surface area contributed by atoms with Gasteiger partial charge >= 0.3 is 0 Å². The fourth-order valence-electron chi connectivity index (χ4n) is 4.49. The Labute approximate surface area is 213 Å². The maximum Gasteiger partial charge on any atom is 0.238 e. The lowest BCUT2D eigenvalue weighted by Gasteiger charge is -2.34. The molecule has 0 aliphatic carbocycles. The van der Waals surface area contributed by atoms with E-state index >= 15 is 0 Å². The van der Waals surface area contributed by atoms with Crippen molar-refractivity contribution in [1.82, 2.24) is 10.2 Å². The maximum atomic E-state index is 13.2. The van der Waals surface area contributed by atoms with Crippen LogP contribution in [0.4, 0.5) is 5.69 Å². The number of piperidine rings is 1. The molecule has 2 aromatic carbocycles. The van der Waals surface area contributed by atoms with Crippen LogP contribution in [0.3, 0.4) is 0 Å². The fraction of sp³-hybridized carbons (Fsp3) is 0.480. The van der Waals surface area contributed by atoms with E-state index < -0.39 is 10.0 Å². The summed E-state index contributed by atoms with van der Waals surface area (Å²) in [6.07, 6.45) is 3.47. The van der Waals surface area contributed by atoms with Crippen LogP contribution >= 0.6 is 11.6 Å². The maximum absolute atomic E-state index is 13.2. The number of rotatable bonds is 11. The molecule has 0 bridgehead atoms. The Morgan fingerprint density at radius 1 is 1.11 bits per heavy atom. The van der Waals surface area contributed by atoms with E-state index in [4.69, 9.17) is 22.5 Å². The SMILES string of the molecule is CCCC(Nc1ccc(Cl)cc1)C(CN)C(=O)NC1CCN(Cc2ccc(S(N)(=O)=O)cc2)CC1. The molecule has 6 N–H and O–H groups in total. The van der Waals surface area contributed by atoms with Crippen LogP contribution in [0.25, 0.3) is 0 Å². The van der Waals surface area contributed by atoms with Gasteiger partial charge in [-0.1, -0.05) is 37.1 Å². The van der Waals surface area contributed by atoms with Gasteiger partial charge in [0.15, 0.2) is 0 Å². The second kappa shape index (κ2) is 12.7. The van der Waals surface area contributed by atoms with E-state index in [0.717, 1.165) is 56.6 Å². The summed E-state index contributed by atoms with van der Waals surface area (Å²) in [4.78, 5) is 15.6. The number of nitrogens with zero attached hydrogens (tertiary/aromatic N) is 1. The molecule has 1 saturated heterocycles. The highest BCUT2D eigenvalue weighted by Gasteiger charge is 2.29. The standard InChI is InChI=1S/C25H36ClN5O3S/c1-2-3-24(29-20-8-6-19(26)7-9-20)23(16-27)25(32)30-21-12-14-31(15-13-21)17-18-4-10-22(11-5-18)35(28,33)34/h4-11,21,23-24,29H,2-3,12-17,27H2,1H3,(H,30,32)(H2,28,33,34). The van der Waals surface area contributed by atoms with Gasteiger partial charge in [0.05, 0.1) is 10.8 Å². The van der Waals surface area contributed by atoms with Gasteiger partial charge in [-0.2, -0.15) is 0 Å². The molecule has 2 aromatic rings. The third-order valence-electron chi connectivity index (χ3n) is 6.46. The van der Waals surface area contributed by atoms with Crippen molar-refractivity contribution in [2.75, 3.05) is 25.0 Å². The molecule has 2 unspecified atom stereocenters. The van der Waals surface area contributed by atoms with E-state index in [1.165, 1.54) is 12.1 Å². The summed E-state index contributed by atoms with van der Waals surface area (Å²) in [6, 6.07) is 14.2. The Hall–Kier alpha value is -2.17. The molecule has 0 aromatic heterocycles. The largest absolute Gasteiger partial charge is 0.381 e. The highest BCUT2D eigenvalue weighted by atomic mass is 35.5. The number of hydrogen-bond donors (Lipinski definition) is 4. The van der Waals surface area contributed by atoms with E-state index in [0.29, 0.717) is 5.02 Å². The van der Waals surface area contributed by atoms with Crippen molar-refractivity contribution < 1.29 is 13.2 Å². The number of primary sulfonamides is 1. The van der Waals surface area contributed by atoms with Gasteiger partial charge in [0.1, 0.15) is 0 Å². The van der Waals surface area contributed by atoms with Gasteiger partial charge in [0.2, 0.25) is 15.9 Å². The Morgan fingerprint density at radius 3 is 2.29 bits per heavy atom. The molecule has 0 spiro atoms. The molecule has 8 nitrogen and oxygen atoms in total. The van der Waals surface area contributed by atoms with Gasteiger partial charge in [0, 0.05) is 49.0 Å². The number of carbonyl (C=O) groups excluding carboxylic acids is 1. The molecule has 1 fully saturated rings. The minimum absolute atomic E-state index is 0.00977. The Balaban J connectivity index is 1.52. The molecule has 3 rings (SSSR count). The lowest BCUT2D eigenvalue weighted by atomic mass is 9.93. The first-order valence-corrected chi connectivity index (χ1v) is 14.0. The number of amides is 1. The number of hydrogen-bond acceptors (Lipinski definition) is 6. The predicted molar refractivity (Wildman–Crippen MR) is 141 cm³/mol. The molecular weight excluding hydrogens is 486 g/mol. The first-order valence-electron chi connectivity index (χ1n) is 12.1. The summed E-state index contributed by atoms with van der Waals surface area (Å²) in [6.45, 7) is 4.78. The summed E-state index contributed by atoms with van der Waals surface area (Å²) >= 11 is 5.99. The molecular formula is C25H36ClN5O3S. The van der Waals surface area contributed by atoms with Crippen molar-refractivity contribution in [2.24, 2.45) is 16.8 Å². The molecule has 1 amide bonds. The summed E-state index contributed by atoms with van der Waals surface area (Å²) in [5.41, 5.74) is 8.01. The van der Waals surface area contributed by atoms with Crippen molar-refractivity contribution >= 4 is 33.2 Å². The van der Waals surface area contributed by atoms with Crippen molar-refractivity contribution in [1.29, 1.82) is 0 Å². The summed E-state index contributed by atoms with van der Waals surface area (Å²) in [7, 11) is -3.68. The molecule has 35 heavy (non-hydrogen) atoms. The first-order chi connectivity index (χ1) is 16.7. The van der Waals surface area contributed by atoms with Crippen LogP contribution in [0.1, 0.15) is 38.2 Å². The van der Waals surface area contributed by atoms with Gasteiger partial charge in [-0.25, -0.2) is 13.6 Å². The van der Waals surface area contributed by atoms with E-state index in [-0.39, 0.29) is 35.3 Å². The van der Waals surface area contributed by atoms with E-state index in [1.54, 1.807) is 12.1 Å². The quantitative estimate of drug-likeness (QED) is 0.359. The minimum atomic E-state index is -3.68. The number of carbonyl (C=O) groups is 1. The van der Waals surface area contributed by atoms with E-state index in [9.17, 15) is 13.2 Å². The van der Waals surface area contributed by atoms with E-state index in [1.807, 2.05) is 24.3 Å². The summed E-state index contributed by atoms with van der Waals surface area (Å²) in [5, 5.41) is 12.5. The van der Waals surface area contributed by atoms with Crippen LogP contribution in [0.5, 0.6) is 0 Å². The van der Waals surface area contributed by atoms with Crippen LogP contribution in [-0.2, 0) is 21.4 Å². The number of nitrogens with one attached hydrogen (secondary N) is 2. The van der Waals surface area contributed by atoms with Crippen LogP contribution in [0.2, 0.25) is 5.02 Å². The third-order valence-corrected chi connectivity index (χ3v) is 7.65. The van der Waals surface area contributed by atoms with Crippen molar-refractivity contribution in [3.63, 3.8) is 0 Å². The number of sulfonamides is 1. The zero-order valence-corrected chi connectivity index (χ0v) is 21.7. The molecule has 2 atom stereocenters. The Bertz CT molecular complexity index is 1060. The summed E-state index contributed by atoms with van der Waals surface area (Å²) < 4.78 is 22.9. The molecule has 10 heteroatoms. The number of benzene rings is 2. The highest BCUT2D eigenvalue weighted by Crippen LogP contribution is 2.21. The van der Waals surface area contributed by atoms with Crippen LogP contribution in [0.15, 0.2) is 53.4 Å². The topological polar surface area (TPSA) is 131 Å². The van der Waals surface area contributed by atoms with Crippen molar-refractivity contribution in [3.8, 4) is 0 Å². The monoisotopic (exact) mass is 521 g/mol. The predicted octanol–water partition coefficient (Wildman–Crippen LogP) is 2.92. The molecule has 0 radical (unpaired) electrons. The van der Waals surface area contributed by atoms with Gasteiger partial charge in [-0.15, -0.1) is 0 Å². The summed E-state index contributed by atoms with van der Waals surface area (Å²) in [5.74, 6) is -0.342. The minimum Gasteiger partial charge on any atom is -0.381 e. The first kappa shape index (κ1) is 27.4. The highest BCUT2D eigenvalue weighted by molar-refractivity contribution is 7.89. The second-order valence-corrected chi connectivity index (χ2v) is 11.1. The average Bonchev–Trinajstić information content (AvgIpc) is 2.82. The van der Waals surface area contributed by atoms with Gasteiger partial charge in [-0.3, -0.25) is 9.69 Å². The Kier molecular flexibility index (Phi) is 9.94. The Morgan fingerprint density at radius 2 is 1.74 bits per heavy atom. The molecule has 1 aliphatic heterocycles. The number of nitrogens with two attached hydrogens (primary N) is 2. The van der Waals surface area contributed by atoms with Crippen LogP contribution < -0.4 is 21.5 Å². The van der Waals surface area contributed by atoms with E-state index in [2.05, 4.69) is 22.5 Å². The fourth-order valence-corrected chi connectivity index (χ4v) is 5.13. The zero-order chi connectivity index (χ0) is 25.4. The molecule has 192 valence electrons. The lowest BCUT2D eigenvalue weighted by Crippen LogP contribution is -2.50. The lowest BCUT2D eigenvalue weighted by molar-refractivity contribution is -0.126. The van der Waals surface area contributed by atoms with Crippen molar-refractivity contribution in [3.05, 3.63) is 59.1 Å². The van der Waals surface area contributed by atoms with Gasteiger partial charge in [-0.05, 0) is 61.2 Å². The molecule has 1 aliphatic rings. The average molecular weight is 522 g/mol. The normalized spacial score (nSPS) is 17.0. The van der Waals surface area contributed by atoms with Gasteiger partial charge < -0.3 is 16.4 Å². The molecule has 1 heterocycles. The van der Waals surface area contributed by atoms with Crippen molar-refractivity contribution in [2.45, 2.75) is 56.1 Å². The number of likely N-dealkylation sites (tertiary alicyclic amines) is 1. The molecule has 0 saturated carbocycles.